The van der Waals surface area contributed by atoms with E-state index in [4.69, 9.17) is 15.2 Å². The van der Waals surface area contributed by atoms with Crippen LogP contribution in [0.2, 0.25) is 0 Å². The maximum Gasteiger partial charge on any atom is 0.0940 e. The van der Waals surface area contributed by atoms with Gasteiger partial charge in [0.1, 0.15) is 0 Å². The number of hydrogen-bond donors (Lipinski definition) is 2. The smallest absolute Gasteiger partial charge is 0.0940 e. The van der Waals surface area contributed by atoms with Crippen molar-refractivity contribution in [1.29, 1.82) is 0 Å². The van der Waals surface area contributed by atoms with Crippen LogP contribution < -0.4 is 5.73 Å². The number of hydrogen-bond acceptors (Lipinski definition) is 4. The van der Waals surface area contributed by atoms with Crippen molar-refractivity contribution in [2.75, 3.05) is 26.4 Å². The fourth-order valence-corrected chi connectivity index (χ4v) is 2.92. The Morgan fingerprint density at radius 2 is 2.31 bits per heavy atom. The Hall–Kier alpha value is -0.160. The van der Waals surface area contributed by atoms with E-state index in [0.717, 1.165) is 32.5 Å². The lowest BCUT2D eigenvalue weighted by Gasteiger charge is -2.43. The van der Waals surface area contributed by atoms with Gasteiger partial charge in [-0.3, -0.25) is 0 Å². The Morgan fingerprint density at radius 1 is 1.50 bits per heavy atom. The second kappa shape index (κ2) is 4.61. The van der Waals surface area contributed by atoms with Crippen molar-refractivity contribution >= 4 is 0 Å². The molecule has 2 saturated heterocycles. The molecule has 94 valence electrons. The van der Waals surface area contributed by atoms with Crippen molar-refractivity contribution in [2.24, 2.45) is 11.7 Å². The van der Waals surface area contributed by atoms with Gasteiger partial charge in [0.2, 0.25) is 0 Å². The largest absolute Gasteiger partial charge is 0.390 e. The SMILES string of the molecule is CC(O)(CCN)C1CCOC2(CCOC2)C1. The van der Waals surface area contributed by atoms with Crippen LogP contribution in [0.1, 0.15) is 32.6 Å². The molecular formula is C12H23NO3. The molecule has 0 aromatic rings. The number of aliphatic hydroxyl groups is 1. The van der Waals surface area contributed by atoms with Gasteiger partial charge in [0.25, 0.3) is 0 Å². The zero-order valence-corrected chi connectivity index (χ0v) is 10.1. The maximum absolute atomic E-state index is 10.4. The molecule has 3 unspecified atom stereocenters. The zero-order valence-electron chi connectivity index (χ0n) is 10.1. The summed E-state index contributed by atoms with van der Waals surface area (Å²) in [5.74, 6) is 0.284. The van der Waals surface area contributed by atoms with Gasteiger partial charge >= 0.3 is 0 Å². The van der Waals surface area contributed by atoms with E-state index < -0.39 is 5.60 Å². The maximum atomic E-state index is 10.4. The Bertz CT molecular complexity index is 236. The van der Waals surface area contributed by atoms with E-state index in [9.17, 15) is 5.11 Å². The summed E-state index contributed by atoms with van der Waals surface area (Å²) in [5, 5.41) is 10.4. The zero-order chi connectivity index (χ0) is 11.6. The van der Waals surface area contributed by atoms with Crippen LogP contribution in [-0.4, -0.2) is 42.7 Å². The average molecular weight is 229 g/mol. The van der Waals surface area contributed by atoms with Crippen molar-refractivity contribution in [3.8, 4) is 0 Å². The van der Waals surface area contributed by atoms with Crippen molar-refractivity contribution in [3.63, 3.8) is 0 Å². The molecule has 4 nitrogen and oxygen atoms in total. The standard InChI is InChI=1S/C12H23NO3/c1-11(14,3-5-13)10-2-6-16-12(8-10)4-7-15-9-12/h10,14H,2-9,13H2,1H3. The second-order valence-electron chi connectivity index (χ2n) is 5.42. The first-order chi connectivity index (χ1) is 7.58. The van der Waals surface area contributed by atoms with Crippen LogP contribution in [0.5, 0.6) is 0 Å². The van der Waals surface area contributed by atoms with Gasteiger partial charge in [-0.1, -0.05) is 0 Å². The van der Waals surface area contributed by atoms with Gasteiger partial charge in [-0.25, -0.2) is 0 Å². The van der Waals surface area contributed by atoms with Crippen LogP contribution in [0.15, 0.2) is 0 Å². The van der Waals surface area contributed by atoms with E-state index in [2.05, 4.69) is 0 Å². The Morgan fingerprint density at radius 3 is 2.94 bits per heavy atom. The molecule has 2 aliphatic rings. The number of nitrogens with two attached hydrogens (primary N) is 1. The molecule has 0 saturated carbocycles. The summed E-state index contributed by atoms with van der Waals surface area (Å²) in [6.07, 6.45) is 3.45. The summed E-state index contributed by atoms with van der Waals surface area (Å²) in [7, 11) is 0. The molecule has 0 aromatic heterocycles. The molecule has 0 bridgehead atoms. The van der Waals surface area contributed by atoms with Crippen molar-refractivity contribution in [1.82, 2.24) is 0 Å². The lowest BCUT2D eigenvalue weighted by molar-refractivity contribution is -0.139. The summed E-state index contributed by atoms with van der Waals surface area (Å²) >= 11 is 0. The van der Waals surface area contributed by atoms with Crippen LogP contribution in [0.25, 0.3) is 0 Å². The lowest BCUT2D eigenvalue weighted by Crippen LogP contribution is -2.48. The molecule has 2 rings (SSSR count). The van der Waals surface area contributed by atoms with Crippen molar-refractivity contribution in [3.05, 3.63) is 0 Å². The topological polar surface area (TPSA) is 64.7 Å². The molecule has 16 heavy (non-hydrogen) atoms. The molecule has 3 atom stereocenters. The summed E-state index contributed by atoms with van der Waals surface area (Å²) in [4.78, 5) is 0. The molecule has 0 amide bonds. The quantitative estimate of drug-likeness (QED) is 0.746. The van der Waals surface area contributed by atoms with Gasteiger partial charge in [-0.2, -0.15) is 0 Å². The van der Waals surface area contributed by atoms with E-state index in [1.54, 1.807) is 0 Å². The Labute approximate surface area is 97.1 Å². The van der Waals surface area contributed by atoms with Gasteiger partial charge in [-0.15, -0.1) is 0 Å². The first-order valence-electron chi connectivity index (χ1n) is 6.22. The van der Waals surface area contributed by atoms with Crippen LogP contribution in [0, 0.1) is 5.92 Å². The summed E-state index contributed by atoms with van der Waals surface area (Å²) in [6.45, 7) is 4.63. The van der Waals surface area contributed by atoms with Crippen molar-refractivity contribution in [2.45, 2.75) is 43.8 Å². The van der Waals surface area contributed by atoms with Crippen LogP contribution in [0.4, 0.5) is 0 Å². The monoisotopic (exact) mass is 229 g/mol. The fourth-order valence-electron chi connectivity index (χ4n) is 2.92. The van der Waals surface area contributed by atoms with Gasteiger partial charge < -0.3 is 20.3 Å². The van der Waals surface area contributed by atoms with Gasteiger partial charge in [-0.05, 0) is 38.6 Å². The minimum absolute atomic E-state index is 0.124. The summed E-state index contributed by atoms with van der Waals surface area (Å²) < 4.78 is 11.3. The Kier molecular flexibility index (Phi) is 3.54. The molecule has 2 heterocycles. The highest BCUT2D eigenvalue weighted by atomic mass is 16.6. The van der Waals surface area contributed by atoms with Crippen molar-refractivity contribution < 1.29 is 14.6 Å². The molecule has 3 N–H and O–H groups in total. The van der Waals surface area contributed by atoms with E-state index >= 15 is 0 Å². The predicted octanol–water partition coefficient (Wildman–Crippen LogP) is 0.672. The van der Waals surface area contributed by atoms with Crippen LogP contribution in [-0.2, 0) is 9.47 Å². The van der Waals surface area contributed by atoms with Crippen LogP contribution >= 0.6 is 0 Å². The minimum atomic E-state index is -0.659. The normalized spacial score (nSPS) is 38.8. The molecule has 0 aromatic carbocycles. The molecule has 0 aliphatic carbocycles. The number of ether oxygens (including phenoxy) is 2. The highest BCUT2D eigenvalue weighted by Gasteiger charge is 2.45. The van der Waals surface area contributed by atoms with E-state index in [1.165, 1.54) is 0 Å². The van der Waals surface area contributed by atoms with E-state index in [0.29, 0.717) is 19.6 Å². The van der Waals surface area contributed by atoms with Crippen LogP contribution in [0.3, 0.4) is 0 Å². The third kappa shape index (κ3) is 2.40. The molecule has 4 heteroatoms. The first kappa shape index (κ1) is 12.3. The molecular weight excluding hydrogens is 206 g/mol. The third-order valence-corrected chi connectivity index (χ3v) is 4.09. The average Bonchev–Trinajstić information content (AvgIpc) is 2.66. The minimum Gasteiger partial charge on any atom is -0.390 e. The predicted molar refractivity (Wildman–Crippen MR) is 61.1 cm³/mol. The molecule has 1 spiro atoms. The summed E-state index contributed by atoms with van der Waals surface area (Å²) in [6, 6.07) is 0. The highest BCUT2D eigenvalue weighted by Crippen LogP contribution is 2.40. The van der Waals surface area contributed by atoms with E-state index in [-0.39, 0.29) is 11.5 Å². The second-order valence-corrected chi connectivity index (χ2v) is 5.42. The number of rotatable bonds is 3. The Balaban J connectivity index is 2.00. The molecule has 2 aliphatic heterocycles. The summed E-state index contributed by atoms with van der Waals surface area (Å²) in [5.41, 5.74) is 4.77. The molecule has 0 radical (unpaired) electrons. The third-order valence-electron chi connectivity index (χ3n) is 4.09. The van der Waals surface area contributed by atoms with E-state index in [1.807, 2.05) is 6.92 Å². The van der Waals surface area contributed by atoms with Gasteiger partial charge in [0.15, 0.2) is 0 Å². The fraction of sp³-hybridized carbons (Fsp3) is 1.00. The van der Waals surface area contributed by atoms with Gasteiger partial charge in [0, 0.05) is 19.6 Å². The highest BCUT2D eigenvalue weighted by molar-refractivity contribution is 4.95. The molecule has 2 fully saturated rings. The lowest BCUT2D eigenvalue weighted by atomic mass is 9.75. The first-order valence-corrected chi connectivity index (χ1v) is 6.22. The van der Waals surface area contributed by atoms with Gasteiger partial charge in [0.05, 0.1) is 17.8 Å².